The summed E-state index contributed by atoms with van der Waals surface area (Å²) < 4.78 is 0. The van der Waals surface area contributed by atoms with Crippen molar-refractivity contribution in [3.8, 4) is 0 Å². The van der Waals surface area contributed by atoms with Gasteiger partial charge in [-0.25, -0.2) is 9.79 Å². The number of isocyanates is 1. The quantitative estimate of drug-likeness (QED) is 0.371. The van der Waals surface area contributed by atoms with Crippen LogP contribution < -0.4 is 0 Å². The highest BCUT2D eigenvalue weighted by Crippen LogP contribution is 2.33. The maximum Gasteiger partial charge on any atom is 0.235 e. The summed E-state index contributed by atoms with van der Waals surface area (Å²) in [5.74, 6) is 0. The lowest BCUT2D eigenvalue weighted by Crippen LogP contribution is -2.17. The van der Waals surface area contributed by atoms with Gasteiger partial charge in [-0.2, -0.15) is 0 Å². The molecule has 0 spiro atoms. The molecule has 2 heteroatoms. The molecule has 1 atom stereocenters. The second kappa shape index (κ2) is 4.83. The van der Waals surface area contributed by atoms with E-state index in [0.717, 1.165) is 19.3 Å². The summed E-state index contributed by atoms with van der Waals surface area (Å²) in [6.45, 7) is 0. The Morgan fingerprint density at radius 1 is 0.952 bits per heavy atom. The highest BCUT2D eigenvalue weighted by atomic mass is 16.1. The SMILES string of the molecule is O=C=NC1CCc2c(ccc3c2ccc2ccccc23)C1. The topological polar surface area (TPSA) is 29.4 Å². The number of fused-ring (bicyclic) bond motifs is 5. The zero-order valence-electron chi connectivity index (χ0n) is 11.7. The molecule has 0 aliphatic heterocycles. The van der Waals surface area contributed by atoms with Crippen LogP contribution in [-0.4, -0.2) is 12.1 Å². The molecular weight excluding hydrogens is 258 g/mol. The molecule has 0 heterocycles. The molecule has 21 heavy (non-hydrogen) atoms. The van der Waals surface area contributed by atoms with Crippen molar-refractivity contribution in [2.24, 2.45) is 4.99 Å². The van der Waals surface area contributed by atoms with Crippen LogP contribution >= 0.6 is 0 Å². The van der Waals surface area contributed by atoms with Crippen LogP contribution in [0.4, 0.5) is 0 Å². The number of nitrogens with zero attached hydrogens (tertiary/aromatic N) is 1. The number of aliphatic imine (C=N–C) groups is 1. The van der Waals surface area contributed by atoms with E-state index in [0.29, 0.717) is 0 Å². The first-order valence-electron chi connectivity index (χ1n) is 7.36. The fraction of sp³-hybridized carbons (Fsp3) is 0.211. The van der Waals surface area contributed by atoms with Gasteiger partial charge in [0.05, 0.1) is 6.04 Å². The van der Waals surface area contributed by atoms with Crippen LogP contribution in [0.3, 0.4) is 0 Å². The Labute approximate surface area is 123 Å². The molecule has 0 fully saturated rings. The van der Waals surface area contributed by atoms with Gasteiger partial charge in [0.25, 0.3) is 0 Å². The van der Waals surface area contributed by atoms with E-state index in [9.17, 15) is 4.79 Å². The van der Waals surface area contributed by atoms with E-state index in [1.54, 1.807) is 6.08 Å². The second-order valence-electron chi connectivity index (χ2n) is 5.70. The monoisotopic (exact) mass is 273 g/mol. The Balaban J connectivity index is 1.95. The van der Waals surface area contributed by atoms with Crippen molar-refractivity contribution < 1.29 is 4.79 Å². The predicted octanol–water partition coefficient (Wildman–Crippen LogP) is 4.19. The van der Waals surface area contributed by atoms with E-state index in [-0.39, 0.29) is 6.04 Å². The first-order chi connectivity index (χ1) is 10.4. The molecule has 2 nitrogen and oxygen atoms in total. The van der Waals surface area contributed by atoms with Gasteiger partial charge in [0.1, 0.15) is 0 Å². The second-order valence-corrected chi connectivity index (χ2v) is 5.70. The van der Waals surface area contributed by atoms with Crippen LogP contribution in [-0.2, 0) is 17.6 Å². The normalized spacial score (nSPS) is 17.4. The highest BCUT2D eigenvalue weighted by Gasteiger charge is 2.20. The average Bonchev–Trinajstić information content (AvgIpc) is 2.54. The molecule has 4 rings (SSSR count). The van der Waals surface area contributed by atoms with E-state index in [2.05, 4.69) is 53.5 Å². The van der Waals surface area contributed by atoms with Crippen LogP contribution in [0.15, 0.2) is 53.5 Å². The number of carbonyl (C=O) groups excluding carboxylic acids is 1. The zero-order chi connectivity index (χ0) is 14.2. The fourth-order valence-electron chi connectivity index (χ4n) is 3.53. The first-order valence-corrected chi connectivity index (χ1v) is 7.36. The molecule has 0 amide bonds. The van der Waals surface area contributed by atoms with E-state index in [4.69, 9.17) is 0 Å². The first kappa shape index (κ1) is 12.3. The van der Waals surface area contributed by atoms with E-state index in [1.807, 2.05) is 0 Å². The number of hydrogen-bond donors (Lipinski definition) is 0. The number of rotatable bonds is 1. The molecule has 3 aromatic rings. The van der Waals surface area contributed by atoms with Gasteiger partial charge in [0.2, 0.25) is 6.08 Å². The van der Waals surface area contributed by atoms with E-state index in [1.165, 1.54) is 32.7 Å². The van der Waals surface area contributed by atoms with Crippen LogP contribution in [0.25, 0.3) is 21.5 Å². The van der Waals surface area contributed by atoms with Crippen molar-refractivity contribution in [3.63, 3.8) is 0 Å². The Hall–Kier alpha value is -2.44. The Bertz CT molecular complexity index is 891. The van der Waals surface area contributed by atoms with Gasteiger partial charge in [-0.05, 0) is 51.9 Å². The molecule has 0 bridgehead atoms. The molecule has 3 aromatic carbocycles. The lowest BCUT2D eigenvalue weighted by molar-refractivity contribution is 0.540. The molecule has 0 saturated carbocycles. The number of benzene rings is 3. The molecule has 0 N–H and O–H groups in total. The van der Waals surface area contributed by atoms with Gasteiger partial charge >= 0.3 is 0 Å². The van der Waals surface area contributed by atoms with Crippen molar-refractivity contribution in [2.45, 2.75) is 25.3 Å². The molecule has 0 radical (unpaired) electrons. The number of hydrogen-bond acceptors (Lipinski definition) is 2. The molecule has 0 saturated heterocycles. The Morgan fingerprint density at radius 3 is 2.71 bits per heavy atom. The van der Waals surface area contributed by atoms with Gasteiger partial charge in [-0.15, -0.1) is 0 Å². The molecule has 102 valence electrons. The summed E-state index contributed by atoms with van der Waals surface area (Å²) in [4.78, 5) is 14.4. The van der Waals surface area contributed by atoms with E-state index < -0.39 is 0 Å². The van der Waals surface area contributed by atoms with Crippen molar-refractivity contribution in [1.29, 1.82) is 0 Å². The van der Waals surface area contributed by atoms with Crippen molar-refractivity contribution >= 4 is 27.6 Å². The van der Waals surface area contributed by atoms with Crippen molar-refractivity contribution in [2.75, 3.05) is 0 Å². The molecule has 1 unspecified atom stereocenters. The Morgan fingerprint density at radius 2 is 1.81 bits per heavy atom. The maximum absolute atomic E-state index is 10.5. The highest BCUT2D eigenvalue weighted by molar-refractivity contribution is 6.08. The minimum atomic E-state index is 0.105. The number of aryl methyl sites for hydroxylation is 1. The molecular formula is C19H15NO. The van der Waals surface area contributed by atoms with Gasteiger partial charge < -0.3 is 0 Å². The summed E-state index contributed by atoms with van der Waals surface area (Å²) in [5, 5.41) is 5.26. The summed E-state index contributed by atoms with van der Waals surface area (Å²) >= 11 is 0. The van der Waals surface area contributed by atoms with Gasteiger partial charge in [-0.3, -0.25) is 0 Å². The lowest BCUT2D eigenvalue weighted by atomic mass is 9.84. The van der Waals surface area contributed by atoms with Gasteiger partial charge in [0.15, 0.2) is 0 Å². The van der Waals surface area contributed by atoms with Crippen LogP contribution in [0, 0.1) is 0 Å². The minimum Gasteiger partial charge on any atom is -0.211 e. The largest absolute Gasteiger partial charge is 0.235 e. The third-order valence-electron chi connectivity index (χ3n) is 4.55. The van der Waals surface area contributed by atoms with Crippen LogP contribution in [0.5, 0.6) is 0 Å². The lowest BCUT2D eigenvalue weighted by Gasteiger charge is -2.22. The third kappa shape index (κ3) is 1.96. The van der Waals surface area contributed by atoms with E-state index >= 15 is 0 Å². The van der Waals surface area contributed by atoms with Crippen molar-refractivity contribution in [3.05, 3.63) is 59.7 Å². The molecule has 1 aliphatic carbocycles. The predicted molar refractivity (Wildman–Crippen MR) is 85.4 cm³/mol. The summed E-state index contributed by atoms with van der Waals surface area (Å²) in [7, 11) is 0. The van der Waals surface area contributed by atoms with Crippen LogP contribution in [0.1, 0.15) is 17.5 Å². The smallest absolute Gasteiger partial charge is 0.211 e. The third-order valence-corrected chi connectivity index (χ3v) is 4.55. The summed E-state index contributed by atoms with van der Waals surface area (Å²) in [5.41, 5.74) is 2.75. The average molecular weight is 273 g/mol. The van der Waals surface area contributed by atoms with Crippen molar-refractivity contribution in [1.82, 2.24) is 0 Å². The minimum absolute atomic E-state index is 0.105. The Kier molecular flexibility index (Phi) is 2.83. The maximum atomic E-state index is 10.5. The fourth-order valence-corrected chi connectivity index (χ4v) is 3.53. The summed E-state index contributed by atoms with van der Waals surface area (Å²) in [6.07, 6.45) is 4.48. The standard InChI is InChI=1S/C19H15NO/c21-12-20-15-7-10-17-14(11-15)6-9-18-16-4-2-1-3-13(16)5-8-19(17)18/h1-6,8-9,15H,7,10-11H2. The van der Waals surface area contributed by atoms with Gasteiger partial charge in [-0.1, -0.05) is 48.5 Å². The molecule has 0 aromatic heterocycles. The van der Waals surface area contributed by atoms with Crippen LogP contribution in [0.2, 0.25) is 0 Å². The zero-order valence-corrected chi connectivity index (χ0v) is 11.7. The van der Waals surface area contributed by atoms with Gasteiger partial charge in [0, 0.05) is 0 Å². The summed E-state index contributed by atoms with van der Waals surface area (Å²) in [6, 6.07) is 17.5. The molecule has 1 aliphatic rings.